The number of hydrogen-bond acceptors (Lipinski definition) is 2. The molecule has 9 heavy (non-hydrogen) atoms. The summed E-state index contributed by atoms with van der Waals surface area (Å²) >= 11 is 0. The molecule has 1 fully saturated rings. The Bertz CT molecular complexity index is 85.0. The Labute approximate surface area is 56.6 Å². The van der Waals surface area contributed by atoms with Crippen LogP contribution in [0.2, 0.25) is 0 Å². The predicted molar refractivity (Wildman–Crippen MR) is 37.2 cm³/mol. The van der Waals surface area contributed by atoms with Gasteiger partial charge in [0.15, 0.2) is 0 Å². The molecule has 2 atom stereocenters. The van der Waals surface area contributed by atoms with Crippen LogP contribution in [0.25, 0.3) is 0 Å². The smallest absolute Gasteiger partial charge is 0.0703 e. The molecule has 0 aromatic rings. The fourth-order valence-corrected chi connectivity index (χ4v) is 1.04. The zero-order valence-corrected chi connectivity index (χ0v) is 5.89. The fraction of sp³-hybridized carbons (Fsp3) is 0.857. The second kappa shape index (κ2) is 3.18. The van der Waals surface area contributed by atoms with Crippen molar-refractivity contribution in [1.82, 2.24) is 5.32 Å². The summed E-state index contributed by atoms with van der Waals surface area (Å²) in [6.45, 7) is 7.81. The Hall–Kier alpha value is -0.0800. The molecule has 0 saturated carbocycles. The van der Waals surface area contributed by atoms with Gasteiger partial charge in [-0.3, -0.25) is 0 Å². The Balaban J connectivity index is 2.23. The van der Waals surface area contributed by atoms with Gasteiger partial charge >= 0.3 is 0 Å². The van der Waals surface area contributed by atoms with Crippen LogP contribution in [-0.2, 0) is 4.74 Å². The lowest BCUT2D eigenvalue weighted by molar-refractivity contribution is -0.0253. The van der Waals surface area contributed by atoms with Gasteiger partial charge in [-0.05, 0) is 13.3 Å². The van der Waals surface area contributed by atoms with Crippen molar-refractivity contribution in [2.45, 2.75) is 25.6 Å². The molecule has 1 aliphatic rings. The summed E-state index contributed by atoms with van der Waals surface area (Å²) in [6.07, 6.45) is 1.58. The van der Waals surface area contributed by atoms with E-state index < -0.39 is 0 Å². The summed E-state index contributed by atoms with van der Waals surface area (Å²) in [4.78, 5) is 0. The van der Waals surface area contributed by atoms with Gasteiger partial charge < -0.3 is 10.1 Å². The highest BCUT2D eigenvalue weighted by Gasteiger charge is 2.15. The van der Waals surface area contributed by atoms with E-state index in [1.807, 2.05) is 0 Å². The highest BCUT2D eigenvalue weighted by Crippen LogP contribution is 2.04. The van der Waals surface area contributed by atoms with Gasteiger partial charge in [0, 0.05) is 13.1 Å². The van der Waals surface area contributed by atoms with E-state index in [1.165, 1.54) is 0 Å². The minimum absolute atomic E-state index is 0.341. The van der Waals surface area contributed by atoms with Gasteiger partial charge in [0.05, 0.1) is 12.2 Å². The van der Waals surface area contributed by atoms with Crippen molar-refractivity contribution in [1.29, 1.82) is 0 Å². The van der Waals surface area contributed by atoms with E-state index in [0.29, 0.717) is 12.2 Å². The Morgan fingerprint density at radius 2 is 2.44 bits per heavy atom. The lowest BCUT2D eigenvalue weighted by Crippen LogP contribution is -2.42. The maximum Gasteiger partial charge on any atom is 0.0703 e. The van der Waals surface area contributed by atoms with E-state index in [9.17, 15) is 0 Å². The molecule has 2 heteroatoms. The largest absolute Gasteiger partial charge is 0.373 e. The molecular formula is C7H14NO. The summed E-state index contributed by atoms with van der Waals surface area (Å²) in [5.74, 6) is 0. The molecule has 2 nitrogen and oxygen atoms in total. The first-order valence-corrected chi connectivity index (χ1v) is 3.48. The first kappa shape index (κ1) is 7.03. The summed E-state index contributed by atoms with van der Waals surface area (Å²) in [6, 6.07) is 0. The van der Waals surface area contributed by atoms with Crippen LogP contribution in [0.4, 0.5) is 0 Å². The molecule has 53 valence electrons. The van der Waals surface area contributed by atoms with Crippen LogP contribution in [0.3, 0.4) is 0 Å². The number of ether oxygens (including phenoxy) is 1. The quantitative estimate of drug-likeness (QED) is 0.558. The van der Waals surface area contributed by atoms with E-state index in [2.05, 4.69) is 19.2 Å². The topological polar surface area (TPSA) is 21.3 Å². The van der Waals surface area contributed by atoms with Crippen LogP contribution in [0.15, 0.2) is 0 Å². The van der Waals surface area contributed by atoms with Gasteiger partial charge in [-0.1, -0.05) is 6.92 Å². The van der Waals surface area contributed by atoms with Gasteiger partial charge in [-0.25, -0.2) is 0 Å². The molecule has 1 saturated heterocycles. The molecule has 1 N–H and O–H groups in total. The molecule has 1 aliphatic heterocycles. The Kier molecular flexibility index (Phi) is 2.49. The number of morpholine rings is 1. The van der Waals surface area contributed by atoms with Gasteiger partial charge in [0.25, 0.3) is 0 Å². The molecule has 0 amide bonds. The summed E-state index contributed by atoms with van der Waals surface area (Å²) in [5, 5.41) is 3.27. The van der Waals surface area contributed by atoms with Gasteiger partial charge in [0.1, 0.15) is 0 Å². The third-order valence-electron chi connectivity index (χ3n) is 1.55. The summed E-state index contributed by atoms with van der Waals surface area (Å²) < 4.78 is 5.51. The normalized spacial score (nSPS) is 36.7. The van der Waals surface area contributed by atoms with E-state index in [0.717, 1.165) is 19.5 Å². The highest BCUT2D eigenvalue weighted by atomic mass is 16.5. The second-order valence-electron chi connectivity index (χ2n) is 2.52. The lowest BCUT2D eigenvalue weighted by atomic mass is 10.2. The molecular weight excluding hydrogens is 114 g/mol. The third-order valence-corrected chi connectivity index (χ3v) is 1.55. The highest BCUT2D eigenvalue weighted by molar-refractivity contribution is 4.71. The first-order chi connectivity index (χ1) is 4.33. The van der Waals surface area contributed by atoms with Crippen molar-refractivity contribution < 1.29 is 4.74 Å². The van der Waals surface area contributed by atoms with E-state index in [1.54, 1.807) is 0 Å². The number of rotatable bonds is 1. The first-order valence-electron chi connectivity index (χ1n) is 3.48. The lowest BCUT2D eigenvalue weighted by Gasteiger charge is -2.27. The van der Waals surface area contributed by atoms with Crippen molar-refractivity contribution in [3.63, 3.8) is 0 Å². The minimum atomic E-state index is 0.341. The molecule has 1 radical (unpaired) electrons. The molecule has 1 rings (SSSR count). The van der Waals surface area contributed by atoms with Crippen LogP contribution in [-0.4, -0.2) is 25.3 Å². The zero-order valence-electron chi connectivity index (χ0n) is 5.89. The molecule has 0 aromatic heterocycles. The molecule has 2 unspecified atom stereocenters. The second-order valence-corrected chi connectivity index (χ2v) is 2.52. The van der Waals surface area contributed by atoms with E-state index in [4.69, 9.17) is 4.74 Å². The van der Waals surface area contributed by atoms with Crippen molar-refractivity contribution in [2.75, 3.05) is 13.1 Å². The Morgan fingerprint density at radius 3 is 2.89 bits per heavy atom. The number of hydrogen-bond donors (Lipinski definition) is 1. The van der Waals surface area contributed by atoms with Crippen LogP contribution in [0.5, 0.6) is 0 Å². The van der Waals surface area contributed by atoms with Crippen LogP contribution in [0.1, 0.15) is 13.3 Å². The third kappa shape index (κ3) is 1.95. The maximum absolute atomic E-state index is 5.51. The van der Waals surface area contributed by atoms with E-state index in [-0.39, 0.29) is 0 Å². The average molecular weight is 128 g/mol. The van der Waals surface area contributed by atoms with Gasteiger partial charge in [-0.2, -0.15) is 0 Å². The summed E-state index contributed by atoms with van der Waals surface area (Å²) in [5.41, 5.74) is 0. The maximum atomic E-state index is 5.51. The summed E-state index contributed by atoms with van der Waals surface area (Å²) in [7, 11) is 0. The monoisotopic (exact) mass is 128 g/mol. The van der Waals surface area contributed by atoms with E-state index >= 15 is 0 Å². The van der Waals surface area contributed by atoms with Gasteiger partial charge in [-0.15, -0.1) is 0 Å². The van der Waals surface area contributed by atoms with Crippen LogP contribution in [0, 0.1) is 6.92 Å². The average Bonchev–Trinajstić information content (AvgIpc) is 1.88. The minimum Gasteiger partial charge on any atom is -0.373 e. The van der Waals surface area contributed by atoms with Crippen molar-refractivity contribution in [2.24, 2.45) is 0 Å². The van der Waals surface area contributed by atoms with Crippen LogP contribution >= 0.6 is 0 Å². The number of nitrogens with one attached hydrogen (secondary N) is 1. The predicted octanol–water partition coefficient (Wildman–Crippen LogP) is 0.587. The van der Waals surface area contributed by atoms with Gasteiger partial charge in [0.2, 0.25) is 0 Å². The van der Waals surface area contributed by atoms with Crippen LogP contribution < -0.4 is 5.32 Å². The molecule has 0 aliphatic carbocycles. The van der Waals surface area contributed by atoms with Crippen molar-refractivity contribution >= 4 is 0 Å². The van der Waals surface area contributed by atoms with Crippen molar-refractivity contribution in [3.8, 4) is 0 Å². The fourth-order valence-electron chi connectivity index (χ4n) is 1.04. The molecule has 0 bridgehead atoms. The molecule has 0 spiro atoms. The SMILES string of the molecule is [CH2]CC1CNCC(C)O1. The van der Waals surface area contributed by atoms with Crippen molar-refractivity contribution in [3.05, 3.63) is 6.92 Å². The molecule has 1 heterocycles. The molecule has 0 aromatic carbocycles. The Morgan fingerprint density at radius 1 is 1.67 bits per heavy atom. The zero-order chi connectivity index (χ0) is 6.69. The standard InChI is InChI=1S/C7H14NO/c1-3-7-5-8-4-6(2)9-7/h6-8H,1,3-5H2,2H3.